The van der Waals surface area contributed by atoms with E-state index < -0.39 is 12.1 Å². The molecule has 4 rings (SSSR count). The maximum atomic E-state index is 12.2. The number of H-pyrrole nitrogens is 1. The number of benzene rings is 2. The number of carboxylic acid groups (broad SMARTS) is 1. The van der Waals surface area contributed by atoms with Crippen molar-refractivity contribution < 1.29 is 27.8 Å². The first-order valence-corrected chi connectivity index (χ1v) is 9.39. The van der Waals surface area contributed by atoms with Gasteiger partial charge in [-0.15, -0.1) is 0 Å². The summed E-state index contributed by atoms with van der Waals surface area (Å²) in [7, 11) is 1.62. The highest BCUT2D eigenvalue weighted by Crippen LogP contribution is 2.30. The molecule has 0 amide bonds. The molecule has 0 aliphatic heterocycles. The van der Waals surface area contributed by atoms with Gasteiger partial charge in [-0.3, -0.25) is 15.1 Å². The first-order valence-electron chi connectivity index (χ1n) is 9.39. The second kappa shape index (κ2) is 9.10. The van der Waals surface area contributed by atoms with Gasteiger partial charge in [0.15, 0.2) is 0 Å². The Kier molecular flexibility index (Phi) is 6.47. The van der Waals surface area contributed by atoms with Gasteiger partial charge in [-0.05, 0) is 37.6 Å². The molecule has 12 heteroatoms. The number of carbonyl (C=O) groups is 1. The molecule has 0 atom stereocenters. The van der Waals surface area contributed by atoms with E-state index in [0.29, 0.717) is 22.8 Å². The Morgan fingerprint density at radius 1 is 1.09 bits per heavy atom. The number of rotatable bonds is 3. The van der Waals surface area contributed by atoms with E-state index in [1.54, 1.807) is 25.3 Å². The van der Waals surface area contributed by atoms with Crippen LogP contribution < -0.4 is 15.6 Å². The molecule has 0 saturated carbocycles. The first kappa shape index (κ1) is 23.4. The van der Waals surface area contributed by atoms with E-state index in [0.717, 1.165) is 27.9 Å². The molecule has 2 aromatic carbocycles. The highest BCUT2D eigenvalue weighted by molar-refractivity contribution is 5.90. The molecule has 9 nitrogen and oxygen atoms in total. The minimum absolute atomic E-state index is 0.214. The number of halogens is 3. The summed E-state index contributed by atoms with van der Waals surface area (Å²) in [5.74, 6) is -1.36. The quantitative estimate of drug-likeness (QED) is 0.419. The molecule has 172 valence electrons. The maximum Gasteiger partial charge on any atom is 0.490 e. The third-order valence-electron chi connectivity index (χ3n) is 4.50. The Morgan fingerprint density at radius 2 is 1.76 bits per heavy atom. The summed E-state index contributed by atoms with van der Waals surface area (Å²) in [6.45, 7) is 3.88. The summed E-state index contributed by atoms with van der Waals surface area (Å²) < 4.78 is 37.2. The molecule has 3 N–H and O–H groups in total. The largest absolute Gasteiger partial charge is 0.496 e. The van der Waals surface area contributed by atoms with Crippen LogP contribution in [0.1, 0.15) is 11.3 Å². The van der Waals surface area contributed by atoms with Gasteiger partial charge in [-0.1, -0.05) is 18.2 Å². The Balaban J connectivity index is 0.000000383. The van der Waals surface area contributed by atoms with Crippen LogP contribution in [0.5, 0.6) is 5.75 Å². The van der Waals surface area contributed by atoms with Gasteiger partial charge in [0.2, 0.25) is 11.9 Å². The normalized spacial score (nSPS) is 11.1. The minimum Gasteiger partial charge on any atom is -0.496 e. The van der Waals surface area contributed by atoms with Crippen LogP contribution in [-0.4, -0.2) is 44.3 Å². The van der Waals surface area contributed by atoms with E-state index >= 15 is 0 Å². The number of aliphatic carboxylic acids is 1. The number of hydrogen-bond donors (Lipinski definition) is 3. The molecule has 0 spiro atoms. The fraction of sp³-hybridized carbons (Fsp3) is 0.190. The van der Waals surface area contributed by atoms with Crippen molar-refractivity contribution in [3.8, 4) is 5.75 Å². The number of methoxy groups -OCH3 is 1. The summed E-state index contributed by atoms with van der Waals surface area (Å²) in [5, 5.41) is 11.5. The number of anilines is 2. The van der Waals surface area contributed by atoms with Crippen molar-refractivity contribution in [3.63, 3.8) is 0 Å². The van der Waals surface area contributed by atoms with Crippen LogP contribution in [0.3, 0.4) is 0 Å². The van der Waals surface area contributed by atoms with Crippen LogP contribution in [0.2, 0.25) is 0 Å². The molecular weight excluding hydrogens is 443 g/mol. The van der Waals surface area contributed by atoms with Crippen LogP contribution in [0.25, 0.3) is 21.8 Å². The minimum atomic E-state index is -5.08. The Labute approximate surface area is 184 Å². The summed E-state index contributed by atoms with van der Waals surface area (Å²) in [6.07, 6.45) is -5.08. The van der Waals surface area contributed by atoms with E-state index in [-0.39, 0.29) is 5.56 Å². The maximum absolute atomic E-state index is 12.2. The predicted molar refractivity (Wildman–Crippen MR) is 115 cm³/mol. The predicted octanol–water partition coefficient (Wildman–Crippen LogP) is 3.87. The Bertz CT molecular complexity index is 1400. The molecule has 0 saturated heterocycles. The lowest BCUT2D eigenvalue weighted by Crippen LogP contribution is -2.21. The standard InChI is InChI=1S/C19H17N5O2.C2HF3O2/c1-10-8-9-14(26-3)15-11(2)20-18(22-16(10)15)24-19-21-13-7-5-4-6-12(13)17(25)23-19;3-2(4,5)1(6)7/h4-9H,1-3H3,(H2,20,21,22,23,24,25);(H,6,7). The zero-order valence-corrected chi connectivity index (χ0v) is 17.6. The average molecular weight is 461 g/mol. The molecule has 0 aliphatic rings. The van der Waals surface area contributed by atoms with Crippen molar-refractivity contribution >= 4 is 39.7 Å². The summed E-state index contributed by atoms with van der Waals surface area (Å²) in [6, 6.07) is 11.0. The van der Waals surface area contributed by atoms with Crippen molar-refractivity contribution in [2.45, 2.75) is 20.0 Å². The van der Waals surface area contributed by atoms with Gasteiger partial charge in [-0.25, -0.2) is 19.7 Å². The van der Waals surface area contributed by atoms with Crippen molar-refractivity contribution in [1.29, 1.82) is 0 Å². The Morgan fingerprint density at radius 3 is 2.39 bits per heavy atom. The van der Waals surface area contributed by atoms with Crippen LogP contribution in [0.4, 0.5) is 25.1 Å². The molecule has 0 aliphatic carbocycles. The molecule has 0 unspecified atom stereocenters. The van der Waals surface area contributed by atoms with Crippen LogP contribution >= 0.6 is 0 Å². The highest BCUT2D eigenvalue weighted by atomic mass is 19.4. The van der Waals surface area contributed by atoms with E-state index in [2.05, 4.69) is 25.3 Å². The lowest BCUT2D eigenvalue weighted by atomic mass is 10.1. The monoisotopic (exact) mass is 461 g/mol. The lowest BCUT2D eigenvalue weighted by molar-refractivity contribution is -0.192. The number of aromatic amines is 1. The number of ether oxygens (including phenoxy) is 1. The number of nitrogens with one attached hydrogen (secondary N) is 2. The van der Waals surface area contributed by atoms with Gasteiger partial charge in [-0.2, -0.15) is 13.2 Å². The lowest BCUT2D eigenvalue weighted by Gasteiger charge is -2.12. The highest BCUT2D eigenvalue weighted by Gasteiger charge is 2.38. The zero-order valence-electron chi connectivity index (χ0n) is 17.6. The summed E-state index contributed by atoms with van der Waals surface area (Å²) in [5.41, 5.74) is 2.97. The van der Waals surface area contributed by atoms with Crippen molar-refractivity contribution in [2.75, 3.05) is 12.4 Å². The second-order valence-electron chi connectivity index (χ2n) is 6.80. The first-order chi connectivity index (χ1) is 15.5. The number of carboxylic acids is 1. The van der Waals surface area contributed by atoms with E-state index in [9.17, 15) is 18.0 Å². The molecule has 33 heavy (non-hydrogen) atoms. The van der Waals surface area contributed by atoms with Gasteiger partial charge >= 0.3 is 12.1 Å². The van der Waals surface area contributed by atoms with Crippen molar-refractivity contribution in [3.05, 3.63) is 58.0 Å². The summed E-state index contributed by atoms with van der Waals surface area (Å²) >= 11 is 0. The number of aromatic nitrogens is 4. The fourth-order valence-corrected chi connectivity index (χ4v) is 2.99. The molecule has 2 heterocycles. The molecule has 0 radical (unpaired) electrons. The average Bonchev–Trinajstić information content (AvgIpc) is 2.74. The number of hydrogen-bond acceptors (Lipinski definition) is 7. The number of fused-ring (bicyclic) bond motifs is 2. The number of nitrogens with zero attached hydrogens (tertiary/aromatic N) is 3. The van der Waals surface area contributed by atoms with E-state index in [4.69, 9.17) is 14.6 Å². The third kappa shape index (κ3) is 5.17. The Hall–Kier alpha value is -4.22. The summed E-state index contributed by atoms with van der Waals surface area (Å²) in [4.78, 5) is 37.3. The molecule has 4 aromatic rings. The van der Waals surface area contributed by atoms with Gasteiger partial charge < -0.3 is 9.84 Å². The smallest absolute Gasteiger partial charge is 0.490 e. The SMILES string of the molecule is COc1ccc(C)c2nc(Nc3nc4ccccc4c(=O)[nH]3)nc(C)c12.O=C(O)C(F)(F)F. The molecule has 0 bridgehead atoms. The van der Waals surface area contributed by atoms with Crippen LogP contribution in [0.15, 0.2) is 41.2 Å². The third-order valence-corrected chi connectivity index (χ3v) is 4.50. The van der Waals surface area contributed by atoms with Gasteiger partial charge in [0, 0.05) is 0 Å². The van der Waals surface area contributed by atoms with Crippen molar-refractivity contribution in [2.24, 2.45) is 0 Å². The van der Waals surface area contributed by atoms with Gasteiger partial charge in [0.25, 0.3) is 5.56 Å². The number of para-hydroxylation sites is 1. The fourth-order valence-electron chi connectivity index (χ4n) is 2.99. The van der Waals surface area contributed by atoms with Gasteiger partial charge in [0.05, 0.1) is 34.6 Å². The van der Waals surface area contributed by atoms with E-state index in [1.165, 1.54) is 0 Å². The zero-order chi connectivity index (χ0) is 24.3. The topological polar surface area (TPSA) is 130 Å². The second-order valence-corrected chi connectivity index (χ2v) is 6.80. The number of alkyl halides is 3. The van der Waals surface area contributed by atoms with E-state index in [1.807, 2.05) is 32.0 Å². The van der Waals surface area contributed by atoms with Crippen LogP contribution in [0, 0.1) is 13.8 Å². The van der Waals surface area contributed by atoms with Crippen LogP contribution in [-0.2, 0) is 4.79 Å². The molecule has 2 aromatic heterocycles. The van der Waals surface area contributed by atoms with Gasteiger partial charge in [0.1, 0.15) is 5.75 Å². The molecule has 0 fully saturated rings. The molecular formula is C21H18F3N5O4. The number of aryl methyl sites for hydroxylation is 2. The van der Waals surface area contributed by atoms with Crippen molar-refractivity contribution in [1.82, 2.24) is 19.9 Å².